The van der Waals surface area contributed by atoms with E-state index in [2.05, 4.69) is 26.1 Å². The van der Waals surface area contributed by atoms with Crippen LogP contribution in [0, 0.1) is 6.92 Å². The summed E-state index contributed by atoms with van der Waals surface area (Å²) in [5, 5.41) is 8.14. The largest absolute Gasteiger partial charge is 0.436 e. The smallest absolute Gasteiger partial charge is 0.340 e. The molecule has 2 aromatic rings. The predicted molar refractivity (Wildman–Crippen MR) is 93.7 cm³/mol. The molecular formula is C15H18BrClF3N5O. The van der Waals surface area contributed by atoms with Crippen molar-refractivity contribution in [2.45, 2.75) is 46.1 Å². The van der Waals surface area contributed by atoms with Gasteiger partial charge < -0.3 is 4.90 Å². The van der Waals surface area contributed by atoms with Gasteiger partial charge in [-0.15, -0.1) is 0 Å². The third-order valence-corrected chi connectivity index (χ3v) is 5.21. The van der Waals surface area contributed by atoms with Crippen LogP contribution in [0.5, 0.6) is 0 Å². The lowest BCUT2D eigenvalue weighted by molar-refractivity contribution is -0.142. The molecule has 2 heterocycles. The Morgan fingerprint density at radius 1 is 1.38 bits per heavy atom. The van der Waals surface area contributed by atoms with Crippen LogP contribution < -0.4 is 0 Å². The van der Waals surface area contributed by atoms with Crippen LogP contribution in [0.1, 0.15) is 30.4 Å². The molecular weight excluding hydrogens is 439 g/mol. The second-order valence-corrected chi connectivity index (χ2v) is 6.92. The minimum absolute atomic E-state index is 0.0145. The Morgan fingerprint density at radius 3 is 2.58 bits per heavy atom. The highest BCUT2D eigenvalue weighted by Gasteiger charge is 2.37. The monoisotopic (exact) mass is 455 g/mol. The van der Waals surface area contributed by atoms with Gasteiger partial charge in [-0.3, -0.25) is 14.2 Å². The Labute approximate surface area is 162 Å². The van der Waals surface area contributed by atoms with Gasteiger partial charge in [-0.25, -0.2) is 0 Å². The molecule has 0 atom stereocenters. The molecule has 0 fully saturated rings. The number of aryl methyl sites for hydroxylation is 2. The van der Waals surface area contributed by atoms with Crippen LogP contribution in [0.15, 0.2) is 10.7 Å². The minimum atomic E-state index is -4.55. The summed E-state index contributed by atoms with van der Waals surface area (Å²) in [7, 11) is 1.61. The number of amides is 1. The van der Waals surface area contributed by atoms with E-state index in [1.54, 1.807) is 11.7 Å². The first-order chi connectivity index (χ1) is 12.1. The first-order valence-corrected chi connectivity index (χ1v) is 8.97. The van der Waals surface area contributed by atoms with Crippen molar-refractivity contribution in [1.29, 1.82) is 0 Å². The molecule has 144 valence electrons. The lowest BCUT2D eigenvalue weighted by Gasteiger charge is -2.18. The quantitative estimate of drug-likeness (QED) is 0.663. The molecule has 0 aromatic carbocycles. The molecule has 0 saturated carbocycles. The standard InChI is InChI=1S/C15H18BrClF3N5O/c1-4-24-11(10(17)7-21-24)8-23(3)12(26)5-6-25-9(2)13(16)14(22-25)15(18,19)20/h7H,4-6,8H2,1-3H3. The Bertz CT molecular complexity index is 802. The molecule has 1 amide bonds. The fraction of sp³-hybridized carbons (Fsp3) is 0.533. The summed E-state index contributed by atoms with van der Waals surface area (Å²) in [6.07, 6.45) is -3.02. The molecule has 6 nitrogen and oxygen atoms in total. The SMILES string of the molecule is CCn1ncc(Cl)c1CN(C)C(=O)CCn1nc(C(F)(F)F)c(Br)c1C. The molecule has 0 unspecified atom stereocenters. The number of carbonyl (C=O) groups excluding carboxylic acids is 1. The van der Waals surface area contributed by atoms with Crippen LogP contribution in [0.3, 0.4) is 0 Å². The van der Waals surface area contributed by atoms with Crippen LogP contribution in [0.25, 0.3) is 0 Å². The van der Waals surface area contributed by atoms with Crippen molar-refractivity contribution < 1.29 is 18.0 Å². The van der Waals surface area contributed by atoms with Gasteiger partial charge in [-0.2, -0.15) is 23.4 Å². The summed E-state index contributed by atoms with van der Waals surface area (Å²) in [5.74, 6) is -0.232. The lowest BCUT2D eigenvalue weighted by Crippen LogP contribution is -2.28. The second kappa shape index (κ2) is 7.99. The molecule has 0 saturated heterocycles. The van der Waals surface area contributed by atoms with Gasteiger partial charge >= 0.3 is 6.18 Å². The fourth-order valence-corrected chi connectivity index (χ4v) is 3.16. The number of alkyl halides is 3. The van der Waals surface area contributed by atoms with E-state index >= 15 is 0 Å². The van der Waals surface area contributed by atoms with Gasteiger partial charge in [-0.1, -0.05) is 11.6 Å². The number of aromatic nitrogens is 4. The Hall–Kier alpha value is -1.55. The molecule has 0 aliphatic carbocycles. The maximum atomic E-state index is 12.9. The van der Waals surface area contributed by atoms with Crippen molar-refractivity contribution in [3.63, 3.8) is 0 Å². The minimum Gasteiger partial charge on any atom is -0.340 e. The maximum absolute atomic E-state index is 12.9. The third-order valence-electron chi connectivity index (χ3n) is 3.95. The Kier molecular flexibility index (Phi) is 6.38. The molecule has 0 bridgehead atoms. The van der Waals surface area contributed by atoms with E-state index in [4.69, 9.17) is 11.6 Å². The molecule has 11 heteroatoms. The van der Waals surface area contributed by atoms with Crippen LogP contribution in [-0.4, -0.2) is 37.4 Å². The highest BCUT2D eigenvalue weighted by molar-refractivity contribution is 9.10. The summed E-state index contributed by atoms with van der Waals surface area (Å²) in [5.41, 5.74) is 0.0386. The van der Waals surface area contributed by atoms with Crippen molar-refractivity contribution in [1.82, 2.24) is 24.5 Å². The molecule has 0 N–H and O–H groups in total. The summed E-state index contributed by atoms with van der Waals surface area (Å²) in [6.45, 7) is 4.35. The molecule has 2 rings (SSSR count). The first kappa shape index (κ1) is 20.8. The van der Waals surface area contributed by atoms with Crippen LogP contribution in [-0.2, 0) is 30.6 Å². The van der Waals surface area contributed by atoms with Gasteiger partial charge in [0.05, 0.1) is 40.2 Å². The number of nitrogens with zero attached hydrogens (tertiary/aromatic N) is 5. The van der Waals surface area contributed by atoms with Crippen molar-refractivity contribution in [3.8, 4) is 0 Å². The van der Waals surface area contributed by atoms with E-state index in [9.17, 15) is 18.0 Å². The molecule has 0 spiro atoms. The van der Waals surface area contributed by atoms with E-state index in [1.807, 2.05) is 6.92 Å². The molecule has 0 radical (unpaired) electrons. The van der Waals surface area contributed by atoms with E-state index in [0.717, 1.165) is 0 Å². The molecule has 26 heavy (non-hydrogen) atoms. The average molecular weight is 457 g/mol. The van der Waals surface area contributed by atoms with E-state index in [-0.39, 0.29) is 29.9 Å². The average Bonchev–Trinajstić information content (AvgIpc) is 3.06. The highest BCUT2D eigenvalue weighted by atomic mass is 79.9. The first-order valence-electron chi connectivity index (χ1n) is 7.80. The van der Waals surface area contributed by atoms with Crippen LogP contribution in [0.4, 0.5) is 13.2 Å². The Balaban J connectivity index is 2.03. The van der Waals surface area contributed by atoms with Gasteiger partial charge in [0.15, 0.2) is 5.69 Å². The van der Waals surface area contributed by atoms with E-state index in [0.29, 0.717) is 23.0 Å². The highest BCUT2D eigenvalue weighted by Crippen LogP contribution is 2.35. The number of hydrogen-bond donors (Lipinski definition) is 0. The fourth-order valence-electron chi connectivity index (χ4n) is 2.45. The zero-order chi connectivity index (χ0) is 19.6. The topological polar surface area (TPSA) is 56.0 Å². The maximum Gasteiger partial charge on any atom is 0.436 e. The summed E-state index contributed by atoms with van der Waals surface area (Å²) in [4.78, 5) is 13.8. The third kappa shape index (κ3) is 4.40. The number of halogens is 5. The summed E-state index contributed by atoms with van der Waals surface area (Å²) >= 11 is 9.00. The number of hydrogen-bond acceptors (Lipinski definition) is 3. The zero-order valence-electron chi connectivity index (χ0n) is 14.4. The van der Waals surface area contributed by atoms with Gasteiger partial charge in [0.1, 0.15) is 0 Å². The zero-order valence-corrected chi connectivity index (χ0v) is 16.8. The van der Waals surface area contributed by atoms with Crippen LogP contribution >= 0.6 is 27.5 Å². The van der Waals surface area contributed by atoms with E-state index in [1.165, 1.54) is 22.7 Å². The molecule has 2 aromatic heterocycles. The van der Waals surface area contributed by atoms with Crippen LogP contribution in [0.2, 0.25) is 5.02 Å². The number of rotatable bonds is 6. The molecule has 0 aliphatic rings. The Morgan fingerprint density at radius 2 is 2.04 bits per heavy atom. The summed E-state index contributed by atoms with van der Waals surface area (Å²) < 4.78 is 41.4. The second-order valence-electron chi connectivity index (χ2n) is 5.72. The van der Waals surface area contributed by atoms with E-state index < -0.39 is 11.9 Å². The van der Waals surface area contributed by atoms with Gasteiger partial charge in [-0.05, 0) is 29.8 Å². The molecule has 0 aliphatic heterocycles. The number of carbonyl (C=O) groups is 1. The normalized spacial score (nSPS) is 11.8. The van der Waals surface area contributed by atoms with Gasteiger partial charge in [0.25, 0.3) is 0 Å². The van der Waals surface area contributed by atoms with Crippen molar-refractivity contribution in [3.05, 3.63) is 32.8 Å². The summed E-state index contributed by atoms with van der Waals surface area (Å²) in [6, 6.07) is 0. The van der Waals surface area contributed by atoms with Gasteiger partial charge in [0.2, 0.25) is 5.91 Å². The van der Waals surface area contributed by atoms with Crippen molar-refractivity contribution >= 4 is 33.4 Å². The van der Waals surface area contributed by atoms with Crippen molar-refractivity contribution in [2.24, 2.45) is 0 Å². The van der Waals surface area contributed by atoms with Gasteiger partial charge in [0, 0.05) is 20.0 Å². The predicted octanol–water partition coefficient (Wildman–Crippen LogP) is 3.89. The lowest BCUT2D eigenvalue weighted by atomic mass is 10.3. The van der Waals surface area contributed by atoms with Crippen molar-refractivity contribution in [2.75, 3.05) is 7.05 Å².